The van der Waals surface area contributed by atoms with Crippen molar-refractivity contribution in [2.24, 2.45) is 0 Å². The van der Waals surface area contributed by atoms with Crippen molar-refractivity contribution < 1.29 is 9.47 Å². The highest BCUT2D eigenvalue weighted by atomic mass is 16.6. The third-order valence-corrected chi connectivity index (χ3v) is 3.23. The van der Waals surface area contributed by atoms with Gasteiger partial charge < -0.3 is 14.8 Å². The Morgan fingerprint density at radius 3 is 2.74 bits per heavy atom. The van der Waals surface area contributed by atoms with E-state index in [1.807, 2.05) is 6.92 Å². The van der Waals surface area contributed by atoms with Crippen molar-refractivity contribution in [3.63, 3.8) is 0 Å². The van der Waals surface area contributed by atoms with E-state index in [2.05, 4.69) is 29.1 Å². The van der Waals surface area contributed by atoms with Crippen LogP contribution in [0.5, 0.6) is 0 Å². The van der Waals surface area contributed by atoms with Gasteiger partial charge in [0, 0.05) is 17.8 Å². The molecular weight excluding hydrogens is 242 g/mol. The molecule has 1 fully saturated rings. The van der Waals surface area contributed by atoms with E-state index in [1.54, 1.807) is 0 Å². The summed E-state index contributed by atoms with van der Waals surface area (Å²) in [4.78, 5) is 9.22. The number of nitrogens with one attached hydrogen (secondary N) is 1. The van der Waals surface area contributed by atoms with Crippen molar-refractivity contribution in [3.8, 4) is 0 Å². The van der Waals surface area contributed by atoms with Gasteiger partial charge in [-0.1, -0.05) is 13.8 Å². The lowest BCUT2D eigenvalue weighted by Crippen LogP contribution is -2.24. The molecule has 1 aromatic heterocycles. The predicted molar refractivity (Wildman–Crippen MR) is 74.4 cm³/mol. The van der Waals surface area contributed by atoms with E-state index in [1.165, 1.54) is 5.56 Å². The highest BCUT2D eigenvalue weighted by Crippen LogP contribution is 2.23. The van der Waals surface area contributed by atoms with Crippen LogP contribution in [0, 0.1) is 6.92 Å². The number of rotatable bonds is 5. The summed E-state index contributed by atoms with van der Waals surface area (Å²) in [6, 6.07) is 0. The summed E-state index contributed by atoms with van der Waals surface area (Å²) in [5.41, 5.74) is 2.22. The van der Waals surface area contributed by atoms with Crippen LogP contribution in [0.2, 0.25) is 0 Å². The average Bonchev–Trinajstić information content (AvgIpc) is 2.45. The Bertz CT molecular complexity index is 417. The van der Waals surface area contributed by atoms with Crippen molar-refractivity contribution in [1.29, 1.82) is 0 Å². The van der Waals surface area contributed by atoms with Gasteiger partial charge >= 0.3 is 0 Å². The van der Waals surface area contributed by atoms with E-state index in [-0.39, 0.29) is 6.10 Å². The first-order chi connectivity index (χ1) is 9.26. The van der Waals surface area contributed by atoms with Crippen LogP contribution in [0.1, 0.15) is 43.5 Å². The molecule has 5 heteroatoms. The Hall–Kier alpha value is -1.20. The van der Waals surface area contributed by atoms with E-state index in [0.717, 1.165) is 36.7 Å². The average molecular weight is 265 g/mol. The van der Waals surface area contributed by atoms with Crippen molar-refractivity contribution >= 4 is 5.82 Å². The van der Waals surface area contributed by atoms with Crippen LogP contribution >= 0.6 is 0 Å². The number of aryl methyl sites for hydroxylation is 1. The molecule has 1 aliphatic rings. The predicted octanol–water partition coefficient (Wildman–Crippen LogP) is 2.26. The van der Waals surface area contributed by atoms with Crippen LogP contribution in [0.3, 0.4) is 0 Å². The molecule has 1 aromatic rings. The Balaban J connectivity index is 2.26. The van der Waals surface area contributed by atoms with Gasteiger partial charge in [-0.2, -0.15) is 0 Å². The molecule has 2 rings (SSSR count). The lowest BCUT2D eigenvalue weighted by atomic mass is 10.1. The SMILES string of the molecule is CCCNc1nc(C2COCCO2)nc(C)c1CC. The fourth-order valence-corrected chi connectivity index (χ4v) is 2.21. The van der Waals surface area contributed by atoms with Gasteiger partial charge in [0.1, 0.15) is 11.9 Å². The minimum Gasteiger partial charge on any atom is -0.376 e. The van der Waals surface area contributed by atoms with Crippen molar-refractivity contribution in [2.75, 3.05) is 31.7 Å². The molecule has 0 saturated carbocycles. The monoisotopic (exact) mass is 265 g/mol. The molecule has 1 unspecified atom stereocenters. The number of nitrogens with zero attached hydrogens (tertiary/aromatic N) is 2. The van der Waals surface area contributed by atoms with Crippen LogP contribution in [-0.2, 0) is 15.9 Å². The number of hydrogen-bond acceptors (Lipinski definition) is 5. The lowest BCUT2D eigenvalue weighted by molar-refractivity contribution is -0.0935. The zero-order valence-electron chi connectivity index (χ0n) is 12.0. The molecule has 1 N–H and O–H groups in total. The summed E-state index contributed by atoms with van der Waals surface area (Å²) in [6.07, 6.45) is 1.87. The van der Waals surface area contributed by atoms with Gasteiger partial charge in [-0.3, -0.25) is 0 Å². The lowest BCUT2D eigenvalue weighted by Gasteiger charge is -2.23. The Labute approximate surface area is 114 Å². The third-order valence-electron chi connectivity index (χ3n) is 3.23. The summed E-state index contributed by atoms with van der Waals surface area (Å²) in [7, 11) is 0. The standard InChI is InChI=1S/C14H23N3O2/c1-4-6-15-13-11(5-2)10(3)16-14(17-13)12-9-18-7-8-19-12/h12H,4-9H2,1-3H3,(H,15,16,17). The normalized spacial score (nSPS) is 19.4. The van der Waals surface area contributed by atoms with Gasteiger partial charge in [0.15, 0.2) is 5.82 Å². The maximum atomic E-state index is 5.67. The molecule has 1 aliphatic heterocycles. The molecule has 0 amide bonds. The van der Waals surface area contributed by atoms with E-state index >= 15 is 0 Å². The van der Waals surface area contributed by atoms with Crippen LogP contribution in [0.15, 0.2) is 0 Å². The Morgan fingerprint density at radius 1 is 1.26 bits per heavy atom. The quantitative estimate of drug-likeness (QED) is 0.885. The van der Waals surface area contributed by atoms with Crippen molar-refractivity contribution in [2.45, 2.75) is 39.7 Å². The zero-order chi connectivity index (χ0) is 13.7. The zero-order valence-corrected chi connectivity index (χ0v) is 12.0. The number of anilines is 1. The first-order valence-electron chi connectivity index (χ1n) is 7.06. The largest absolute Gasteiger partial charge is 0.376 e. The molecule has 5 nitrogen and oxygen atoms in total. The molecule has 106 valence electrons. The topological polar surface area (TPSA) is 56.3 Å². The smallest absolute Gasteiger partial charge is 0.162 e. The summed E-state index contributed by atoms with van der Waals surface area (Å²) >= 11 is 0. The molecule has 0 aromatic carbocycles. The second-order valence-electron chi connectivity index (χ2n) is 4.71. The Morgan fingerprint density at radius 2 is 2.11 bits per heavy atom. The van der Waals surface area contributed by atoms with Gasteiger partial charge in [-0.05, 0) is 19.8 Å². The molecule has 0 spiro atoms. The van der Waals surface area contributed by atoms with E-state index in [4.69, 9.17) is 9.47 Å². The van der Waals surface area contributed by atoms with Crippen LogP contribution < -0.4 is 5.32 Å². The summed E-state index contributed by atoms with van der Waals surface area (Å²) in [5, 5.41) is 3.39. The molecule has 0 bridgehead atoms. The summed E-state index contributed by atoms with van der Waals surface area (Å²) in [5.74, 6) is 1.68. The number of aromatic nitrogens is 2. The molecule has 1 saturated heterocycles. The van der Waals surface area contributed by atoms with Crippen LogP contribution in [0.4, 0.5) is 5.82 Å². The summed E-state index contributed by atoms with van der Waals surface area (Å²) < 4.78 is 11.1. The van der Waals surface area contributed by atoms with Gasteiger partial charge in [-0.25, -0.2) is 9.97 Å². The van der Waals surface area contributed by atoms with Gasteiger partial charge in [0.05, 0.1) is 19.8 Å². The molecule has 1 atom stereocenters. The maximum absolute atomic E-state index is 5.67. The third kappa shape index (κ3) is 3.42. The Kier molecular flexibility index (Phi) is 5.10. The molecule has 0 radical (unpaired) electrons. The van der Waals surface area contributed by atoms with Gasteiger partial charge in [-0.15, -0.1) is 0 Å². The van der Waals surface area contributed by atoms with E-state index in [0.29, 0.717) is 19.8 Å². The number of hydrogen-bond donors (Lipinski definition) is 1. The highest BCUT2D eigenvalue weighted by Gasteiger charge is 2.21. The maximum Gasteiger partial charge on any atom is 0.162 e. The molecule has 19 heavy (non-hydrogen) atoms. The second kappa shape index (κ2) is 6.82. The minimum atomic E-state index is -0.138. The van der Waals surface area contributed by atoms with Crippen molar-refractivity contribution in [3.05, 3.63) is 17.1 Å². The van der Waals surface area contributed by atoms with Crippen LogP contribution in [-0.4, -0.2) is 36.3 Å². The first-order valence-corrected chi connectivity index (χ1v) is 7.06. The minimum absolute atomic E-state index is 0.138. The molecule has 2 heterocycles. The fourth-order valence-electron chi connectivity index (χ4n) is 2.21. The van der Waals surface area contributed by atoms with Gasteiger partial charge in [0.2, 0.25) is 0 Å². The summed E-state index contributed by atoms with van der Waals surface area (Å²) in [6.45, 7) is 9.03. The van der Waals surface area contributed by atoms with Crippen molar-refractivity contribution in [1.82, 2.24) is 9.97 Å². The number of ether oxygens (including phenoxy) is 2. The van der Waals surface area contributed by atoms with Crippen LogP contribution in [0.25, 0.3) is 0 Å². The fraction of sp³-hybridized carbons (Fsp3) is 0.714. The van der Waals surface area contributed by atoms with E-state index in [9.17, 15) is 0 Å². The van der Waals surface area contributed by atoms with Gasteiger partial charge in [0.25, 0.3) is 0 Å². The van der Waals surface area contributed by atoms with E-state index < -0.39 is 0 Å². The molecular formula is C14H23N3O2. The highest BCUT2D eigenvalue weighted by molar-refractivity contribution is 5.46. The second-order valence-corrected chi connectivity index (χ2v) is 4.71. The molecule has 0 aliphatic carbocycles. The first kappa shape index (κ1) is 14.2.